The van der Waals surface area contributed by atoms with Gasteiger partial charge in [0.15, 0.2) is 0 Å². The normalized spacial score (nSPS) is 20.3. The van der Waals surface area contributed by atoms with Gasteiger partial charge in [0, 0.05) is 11.4 Å². The van der Waals surface area contributed by atoms with Gasteiger partial charge in [-0.1, -0.05) is 43.9 Å². The Morgan fingerprint density at radius 1 is 1.05 bits per heavy atom. The van der Waals surface area contributed by atoms with E-state index in [0.29, 0.717) is 6.04 Å². The molecule has 0 spiro atoms. The molecular weight excluding hydrogens is 258 g/mol. The summed E-state index contributed by atoms with van der Waals surface area (Å²) in [4.78, 5) is 0. The summed E-state index contributed by atoms with van der Waals surface area (Å²) in [6.45, 7) is 4.56. The van der Waals surface area contributed by atoms with Crippen molar-refractivity contribution in [1.82, 2.24) is 5.32 Å². The van der Waals surface area contributed by atoms with Gasteiger partial charge in [-0.2, -0.15) is 0 Å². The van der Waals surface area contributed by atoms with Crippen molar-refractivity contribution in [2.75, 3.05) is 0 Å². The highest BCUT2D eigenvalue weighted by Gasteiger charge is 2.21. The van der Waals surface area contributed by atoms with Crippen molar-refractivity contribution < 1.29 is 4.42 Å². The average molecular weight is 285 g/mol. The highest BCUT2D eigenvalue weighted by molar-refractivity contribution is 5.77. The van der Waals surface area contributed by atoms with Crippen molar-refractivity contribution in [3.05, 3.63) is 36.1 Å². The molecule has 1 saturated carbocycles. The van der Waals surface area contributed by atoms with Gasteiger partial charge in [0.05, 0.1) is 6.04 Å². The number of hydrogen-bond acceptors (Lipinski definition) is 2. The molecule has 1 N–H and O–H groups in total. The summed E-state index contributed by atoms with van der Waals surface area (Å²) in [7, 11) is 0. The Morgan fingerprint density at radius 3 is 2.48 bits per heavy atom. The maximum Gasteiger partial charge on any atom is 0.134 e. The molecule has 0 aliphatic heterocycles. The van der Waals surface area contributed by atoms with Crippen LogP contribution in [0.25, 0.3) is 11.0 Å². The summed E-state index contributed by atoms with van der Waals surface area (Å²) in [6.07, 6.45) is 8.39. The number of nitrogens with one attached hydrogen (secondary N) is 1. The SMILES string of the molecule is CC(N[C@@H](C)C1CCCCCC1)c1cc2ccccc2o1. The Kier molecular flexibility index (Phi) is 4.64. The minimum atomic E-state index is 0.274. The predicted octanol–water partition coefficient (Wildman–Crippen LogP) is 5.44. The summed E-state index contributed by atoms with van der Waals surface area (Å²) in [5.74, 6) is 1.87. The van der Waals surface area contributed by atoms with Gasteiger partial charge in [-0.25, -0.2) is 0 Å². The zero-order valence-corrected chi connectivity index (χ0v) is 13.3. The second-order valence-electron chi connectivity index (χ2n) is 6.62. The lowest BCUT2D eigenvalue weighted by atomic mass is 9.92. The van der Waals surface area contributed by atoms with Crippen LogP contribution in [0.15, 0.2) is 34.7 Å². The van der Waals surface area contributed by atoms with Crippen LogP contribution in [0.4, 0.5) is 0 Å². The Bertz CT molecular complexity index is 533. The van der Waals surface area contributed by atoms with Gasteiger partial charge in [-0.15, -0.1) is 0 Å². The molecule has 2 atom stereocenters. The number of rotatable bonds is 4. The van der Waals surface area contributed by atoms with Crippen molar-refractivity contribution in [3.63, 3.8) is 0 Å². The van der Waals surface area contributed by atoms with E-state index in [2.05, 4.69) is 37.4 Å². The maximum atomic E-state index is 5.98. The van der Waals surface area contributed by atoms with Gasteiger partial charge >= 0.3 is 0 Å². The monoisotopic (exact) mass is 285 g/mol. The van der Waals surface area contributed by atoms with Crippen LogP contribution >= 0.6 is 0 Å². The fraction of sp³-hybridized carbons (Fsp3) is 0.579. The predicted molar refractivity (Wildman–Crippen MR) is 88.4 cm³/mol. The van der Waals surface area contributed by atoms with Crippen molar-refractivity contribution in [2.45, 2.75) is 64.5 Å². The zero-order valence-electron chi connectivity index (χ0n) is 13.3. The van der Waals surface area contributed by atoms with Crippen LogP contribution in [-0.2, 0) is 0 Å². The second-order valence-corrected chi connectivity index (χ2v) is 6.62. The van der Waals surface area contributed by atoms with E-state index in [0.717, 1.165) is 17.3 Å². The maximum absolute atomic E-state index is 5.98. The second kappa shape index (κ2) is 6.65. The van der Waals surface area contributed by atoms with Crippen LogP contribution in [-0.4, -0.2) is 6.04 Å². The molecular formula is C19H27NO. The van der Waals surface area contributed by atoms with E-state index < -0.39 is 0 Å². The van der Waals surface area contributed by atoms with E-state index in [9.17, 15) is 0 Å². The van der Waals surface area contributed by atoms with Gasteiger partial charge < -0.3 is 9.73 Å². The summed E-state index contributed by atoms with van der Waals surface area (Å²) in [5.41, 5.74) is 0.989. The first kappa shape index (κ1) is 14.6. The molecule has 1 unspecified atom stereocenters. The highest BCUT2D eigenvalue weighted by atomic mass is 16.3. The largest absolute Gasteiger partial charge is 0.459 e. The third kappa shape index (κ3) is 3.49. The fourth-order valence-corrected chi connectivity index (χ4v) is 3.64. The zero-order chi connectivity index (χ0) is 14.7. The Hall–Kier alpha value is -1.28. The van der Waals surface area contributed by atoms with E-state index in [1.54, 1.807) is 0 Å². The molecule has 0 radical (unpaired) electrons. The lowest BCUT2D eigenvalue weighted by Gasteiger charge is -2.26. The van der Waals surface area contributed by atoms with Crippen LogP contribution in [0.2, 0.25) is 0 Å². The van der Waals surface area contributed by atoms with E-state index >= 15 is 0 Å². The van der Waals surface area contributed by atoms with Gasteiger partial charge in [0.1, 0.15) is 11.3 Å². The fourth-order valence-electron chi connectivity index (χ4n) is 3.64. The minimum Gasteiger partial charge on any atom is -0.459 e. The van der Waals surface area contributed by atoms with Crippen molar-refractivity contribution in [3.8, 4) is 0 Å². The first-order chi connectivity index (χ1) is 10.2. The minimum absolute atomic E-state index is 0.274. The molecule has 1 aliphatic carbocycles. The molecule has 1 aliphatic rings. The Labute approximate surface area is 127 Å². The molecule has 0 saturated heterocycles. The summed E-state index contributed by atoms with van der Waals surface area (Å²) in [6, 6.07) is 11.3. The number of hydrogen-bond donors (Lipinski definition) is 1. The van der Waals surface area contributed by atoms with Crippen LogP contribution < -0.4 is 5.32 Å². The summed E-state index contributed by atoms with van der Waals surface area (Å²) < 4.78 is 5.98. The van der Waals surface area contributed by atoms with Crippen LogP contribution in [0.1, 0.15) is 64.2 Å². The molecule has 21 heavy (non-hydrogen) atoms. The topological polar surface area (TPSA) is 25.2 Å². The summed E-state index contributed by atoms with van der Waals surface area (Å²) >= 11 is 0. The molecule has 2 aromatic rings. The van der Waals surface area contributed by atoms with Crippen molar-refractivity contribution in [2.24, 2.45) is 5.92 Å². The van der Waals surface area contributed by atoms with E-state index in [1.807, 2.05) is 12.1 Å². The third-order valence-corrected chi connectivity index (χ3v) is 4.99. The Balaban J connectivity index is 1.65. The van der Waals surface area contributed by atoms with E-state index in [1.165, 1.54) is 43.9 Å². The molecule has 2 nitrogen and oxygen atoms in total. The molecule has 1 aromatic heterocycles. The molecule has 114 valence electrons. The van der Waals surface area contributed by atoms with E-state index in [-0.39, 0.29) is 6.04 Å². The summed E-state index contributed by atoms with van der Waals surface area (Å²) in [5, 5.41) is 4.96. The average Bonchev–Trinajstić information content (AvgIpc) is 2.73. The standard InChI is InChI=1S/C19H27NO/c1-14(16-9-5-3-4-6-10-16)20-15(2)19-13-17-11-7-8-12-18(17)21-19/h7-8,11-16,20H,3-6,9-10H2,1-2H3/t14-,15?/m0/s1. The molecule has 0 bridgehead atoms. The lowest BCUT2D eigenvalue weighted by molar-refractivity contribution is 0.302. The highest BCUT2D eigenvalue weighted by Crippen LogP contribution is 2.28. The lowest BCUT2D eigenvalue weighted by Crippen LogP contribution is -2.35. The van der Waals surface area contributed by atoms with Gasteiger partial charge in [0.2, 0.25) is 0 Å². The van der Waals surface area contributed by atoms with Gasteiger partial charge in [-0.05, 0) is 44.7 Å². The van der Waals surface area contributed by atoms with E-state index in [4.69, 9.17) is 4.42 Å². The molecule has 0 amide bonds. The molecule has 1 aromatic carbocycles. The van der Waals surface area contributed by atoms with Crippen molar-refractivity contribution >= 4 is 11.0 Å². The van der Waals surface area contributed by atoms with Gasteiger partial charge in [-0.3, -0.25) is 0 Å². The van der Waals surface area contributed by atoms with Crippen LogP contribution in [0, 0.1) is 5.92 Å². The quantitative estimate of drug-likeness (QED) is 0.756. The van der Waals surface area contributed by atoms with Gasteiger partial charge in [0.25, 0.3) is 0 Å². The molecule has 3 rings (SSSR count). The van der Waals surface area contributed by atoms with Crippen LogP contribution in [0.3, 0.4) is 0 Å². The first-order valence-electron chi connectivity index (χ1n) is 8.48. The number of furan rings is 1. The smallest absolute Gasteiger partial charge is 0.134 e. The first-order valence-corrected chi connectivity index (χ1v) is 8.48. The van der Waals surface area contributed by atoms with Crippen molar-refractivity contribution in [1.29, 1.82) is 0 Å². The number of para-hydroxylation sites is 1. The molecule has 1 fully saturated rings. The Morgan fingerprint density at radius 2 is 1.76 bits per heavy atom. The molecule has 2 heteroatoms. The van der Waals surface area contributed by atoms with Crippen LogP contribution in [0.5, 0.6) is 0 Å². The number of fused-ring (bicyclic) bond motifs is 1. The molecule has 1 heterocycles. The third-order valence-electron chi connectivity index (χ3n) is 4.99. The number of benzene rings is 1.